The van der Waals surface area contributed by atoms with Crippen molar-refractivity contribution in [2.24, 2.45) is 11.3 Å². The predicted octanol–water partition coefficient (Wildman–Crippen LogP) is 3.20. The maximum atomic E-state index is 4.15. The minimum Gasteiger partial charge on any atom is -0.0735 e. The third kappa shape index (κ3) is 0.902. The van der Waals surface area contributed by atoms with Gasteiger partial charge in [0.2, 0.25) is 0 Å². The minimum atomic E-state index is 0.351. The fourth-order valence-corrected chi connectivity index (χ4v) is 1.63. The highest BCUT2D eigenvalue weighted by Crippen LogP contribution is 2.45. The summed E-state index contributed by atoms with van der Waals surface area (Å²) in [7, 11) is 0. The van der Waals surface area contributed by atoms with Crippen molar-refractivity contribution in [3.63, 3.8) is 0 Å². The maximum Gasteiger partial charge on any atom is -0.0114 e. The van der Waals surface area contributed by atoms with E-state index < -0.39 is 0 Å². The van der Waals surface area contributed by atoms with Crippen LogP contribution in [0.15, 0.2) is 11.1 Å². The Labute approximate surface area is 64.3 Å². The maximum absolute atomic E-state index is 4.15. The molecule has 1 aliphatic rings. The molecule has 1 aliphatic carbocycles. The van der Waals surface area contributed by atoms with Gasteiger partial charge in [-0.25, -0.2) is 0 Å². The van der Waals surface area contributed by atoms with Crippen LogP contribution in [0.1, 0.15) is 34.1 Å². The first kappa shape index (κ1) is 7.84. The highest BCUT2D eigenvalue weighted by molar-refractivity contribution is 5.26. The van der Waals surface area contributed by atoms with Crippen LogP contribution in [0.3, 0.4) is 0 Å². The van der Waals surface area contributed by atoms with E-state index in [-0.39, 0.29) is 0 Å². The third-order valence-corrected chi connectivity index (χ3v) is 3.18. The van der Waals surface area contributed by atoms with Crippen LogP contribution >= 0.6 is 0 Å². The van der Waals surface area contributed by atoms with E-state index in [9.17, 15) is 0 Å². The summed E-state index contributed by atoms with van der Waals surface area (Å²) in [5, 5.41) is 0. The molecule has 0 aromatic rings. The molecule has 0 amide bonds. The van der Waals surface area contributed by atoms with E-state index in [0.29, 0.717) is 11.3 Å². The Hall–Kier alpha value is -0.260. The summed E-state index contributed by atoms with van der Waals surface area (Å²) in [5.74, 6) is 0.590. The molecule has 57 valence electrons. The molecule has 1 radical (unpaired) electrons. The molecule has 0 aliphatic heterocycles. The molecule has 0 bridgehead atoms. The first-order valence-electron chi connectivity index (χ1n) is 3.96. The van der Waals surface area contributed by atoms with Gasteiger partial charge in [-0.15, -0.1) is 0 Å². The van der Waals surface area contributed by atoms with Gasteiger partial charge in [-0.3, -0.25) is 0 Å². The lowest BCUT2D eigenvalue weighted by Gasteiger charge is -2.26. The molecule has 0 aromatic heterocycles. The third-order valence-electron chi connectivity index (χ3n) is 3.18. The lowest BCUT2D eigenvalue weighted by atomic mass is 9.79. The lowest BCUT2D eigenvalue weighted by Crippen LogP contribution is -2.17. The van der Waals surface area contributed by atoms with Crippen molar-refractivity contribution in [2.45, 2.75) is 34.1 Å². The minimum absolute atomic E-state index is 0.351. The van der Waals surface area contributed by atoms with Crippen LogP contribution in [-0.4, -0.2) is 0 Å². The Morgan fingerprint density at radius 2 is 1.90 bits per heavy atom. The van der Waals surface area contributed by atoms with Gasteiger partial charge in [-0.05, 0) is 38.5 Å². The van der Waals surface area contributed by atoms with Crippen molar-refractivity contribution in [3.8, 4) is 0 Å². The van der Waals surface area contributed by atoms with E-state index in [0.717, 1.165) is 0 Å². The van der Waals surface area contributed by atoms with E-state index in [2.05, 4.69) is 34.6 Å². The van der Waals surface area contributed by atoms with Gasteiger partial charge in [0.25, 0.3) is 0 Å². The molecule has 1 atom stereocenters. The van der Waals surface area contributed by atoms with Gasteiger partial charge in [-0.2, -0.15) is 0 Å². The highest BCUT2D eigenvalue weighted by Gasteiger charge is 2.34. The van der Waals surface area contributed by atoms with Gasteiger partial charge in [-0.1, -0.05) is 25.0 Å². The zero-order valence-electron chi connectivity index (χ0n) is 7.49. The zero-order chi connectivity index (χ0) is 7.94. The van der Waals surface area contributed by atoms with Crippen LogP contribution in [0, 0.1) is 18.3 Å². The fourth-order valence-electron chi connectivity index (χ4n) is 1.63. The summed E-state index contributed by atoms with van der Waals surface area (Å²) >= 11 is 0. The molecule has 0 heterocycles. The molecule has 0 saturated carbocycles. The van der Waals surface area contributed by atoms with Gasteiger partial charge < -0.3 is 0 Å². The Bertz CT molecular complexity index is 172. The molecule has 0 fully saturated rings. The molecule has 0 aromatic carbocycles. The predicted molar refractivity (Wildman–Crippen MR) is 45.6 cm³/mol. The van der Waals surface area contributed by atoms with Gasteiger partial charge in [0.15, 0.2) is 0 Å². The van der Waals surface area contributed by atoms with Gasteiger partial charge in [0.1, 0.15) is 0 Å². The summed E-state index contributed by atoms with van der Waals surface area (Å²) in [6.07, 6.45) is 1.19. The second kappa shape index (κ2) is 2.11. The topological polar surface area (TPSA) is 0 Å². The number of allylic oxidation sites excluding steroid dienone is 2. The summed E-state index contributed by atoms with van der Waals surface area (Å²) in [6, 6.07) is 0. The second-order valence-electron chi connectivity index (χ2n) is 4.03. The average Bonchev–Trinajstić information content (AvgIpc) is 1.97. The van der Waals surface area contributed by atoms with Crippen molar-refractivity contribution in [3.05, 3.63) is 18.1 Å². The van der Waals surface area contributed by atoms with Crippen molar-refractivity contribution >= 4 is 0 Å². The van der Waals surface area contributed by atoms with E-state index in [1.165, 1.54) is 6.42 Å². The largest absolute Gasteiger partial charge is 0.0735 e. The highest BCUT2D eigenvalue weighted by atomic mass is 14.4. The van der Waals surface area contributed by atoms with Crippen LogP contribution in [0.2, 0.25) is 0 Å². The smallest absolute Gasteiger partial charge is 0.0114 e. The normalized spacial score (nSPS) is 31.5. The Morgan fingerprint density at radius 1 is 1.40 bits per heavy atom. The molecule has 0 N–H and O–H groups in total. The quantitative estimate of drug-likeness (QED) is 0.450. The Morgan fingerprint density at radius 3 is 2.00 bits per heavy atom. The van der Waals surface area contributed by atoms with Crippen LogP contribution in [-0.2, 0) is 0 Å². The van der Waals surface area contributed by atoms with Crippen LogP contribution in [0.4, 0.5) is 0 Å². The van der Waals surface area contributed by atoms with Crippen molar-refractivity contribution in [1.82, 2.24) is 0 Å². The molecule has 10 heavy (non-hydrogen) atoms. The van der Waals surface area contributed by atoms with Gasteiger partial charge >= 0.3 is 0 Å². The molecular formula is C10H17. The zero-order valence-corrected chi connectivity index (χ0v) is 7.49. The molecule has 1 rings (SSSR count). The molecule has 0 saturated heterocycles. The summed E-state index contributed by atoms with van der Waals surface area (Å²) in [6.45, 7) is 13.2. The molecular weight excluding hydrogens is 120 g/mol. The van der Waals surface area contributed by atoms with E-state index >= 15 is 0 Å². The van der Waals surface area contributed by atoms with Gasteiger partial charge in [0, 0.05) is 0 Å². The molecule has 0 spiro atoms. The second-order valence-corrected chi connectivity index (χ2v) is 4.03. The summed E-state index contributed by atoms with van der Waals surface area (Å²) < 4.78 is 0. The van der Waals surface area contributed by atoms with Crippen molar-refractivity contribution in [1.29, 1.82) is 0 Å². The Balaban J connectivity index is 2.94. The van der Waals surface area contributed by atoms with Crippen LogP contribution in [0.5, 0.6) is 0 Å². The molecule has 0 heteroatoms. The van der Waals surface area contributed by atoms with Crippen molar-refractivity contribution < 1.29 is 0 Å². The number of hydrogen-bond donors (Lipinski definition) is 0. The number of hydrogen-bond acceptors (Lipinski definition) is 0. The van der Waals surface area contributed by atoms with E-state index in [4.69, 9.17) is 0 Å². The first-order valence-corrected chi connectivity index (χ1v) is 3.96. The first-order chi connectivity index (χ1) is 4.46. The van der Waals surface area contributed by atoms with E-state index in [1.807, 2.05) is 0 Å². The SMILES string of the molecule is [CH2]C1CC(C)=C(C)C1(C)C. The summed E-state index contributed by atoms with van der Waals surface area (Å²) in [4.78, 5) is 0. The average molecular weight is 137 g/mol. The van der Waals surface area contributed by atoms with E-state index in [1.54, 1.807) is 11.1 Å². The number of rotatable bonds is 0. The fraction of sp³-hybridized carbons (Fsp3) is 0.700. The lowest BCUT2D eigenvalue weighted by molar-refractivity contribution is 0.348. The standard InChI is InChI=1S/C10H17/c1-7-6-8(2)10(4,5)9(7)3/h8H,2,6H2,1,3-5H3. The Kier molecular flexibility index (Phi) is 1.66. The van der Waals surface area contributed by atoms with Gasteiger partial charge in [0.05, 0.1) is 0 Å². The monoisotopic (exact) mass is 137 g/mol. The summed E-state index contributed by atoms with van der Waals surface area (Å²) in [5.41, 5.74) is 3.45. The van der Waals surface area contributed by atoms with Crippen LogP contribution in [0.25, 0.3) is 0 Å². The van der Waals surface area contributed by atoms with Crippen LogP contribution < -0.4 is 0 Å². The molecule has 0 nitrogen and oxygen atoms in total. The molecule has 1 unspecified atom stereocenters. The van der Waals surface area contributed by atoms with Crippen molar-refractivity contribution in [2.75, 3.05) is 0 Å².